The minimum Gasteiger partial charge on any atom is -0.379 e. The molecule has 1 nitrogen and oxygen atoms in total. The highest BCUT2D eigenvalue weighted by Crippen LogP contribution is 2.23. The third-order valence-electron chi connectivity index (χ3n) is 1.92. The van der Waals surface area contributed by atoms with Gasteiger partial charge in [0.1, 0.15) is 0 Å². The fraction of sp³-hybridized carbons (Fsp3) is 0.455. The molecule has 1 aromatic carbocycles. The third kappa shape index (κ3) is 4.44. The summed E-state index contributed by atoms with van der Waals surface area (Å²) in [6.45, 7) is 3.77. The van der Waals surface area contributed by atoms with Crippen LogP contribution in [-0.4, -0.2) is 17.6 Å². The number of hydrogen-bond acceptors (Lipinski definition) is 1. The molecule has 0 fully saturated rings. The molecule has 0 radical (unpaired) electrons. The molecule has 78 valence electrons. The number of rotatable bonds is 5. The molecule has 1 atom stereocenters. The van der Waals surface area contributed by atoms with Crippen molar-refractivity contribution in [3.63, 3.8) is 0 Å². The topological polar surface area (TPSA) is 9.23 Å². The zero-order valence-corrected chi connectivity index (χ0v) is 12.5. The maximum Gasteiger partial charge on any atom is 0.0625 e. The number of aryl methyl sites for hydroxylation is 1. The molecule has 0 aliphatic heterocycles. The van der Waals surface area contributed by atoms with Gasteiger partial charge in [-0.05, 0) is 12.5 Å². The Morgan fingerprint density at radius 1 is 1.29 bits per heavy atom. The van der Waals surface area contributed by atoms with Gasteiger partial charge < -0.3 is 4.74 Å². The largest absolute Gasteiger partial charge is 0.379 e. The Kier molecular flexibility index (Phi) is 6.36. The van der Waals surface area contributed by atoms with E-state index in [-0.39, 0.29) is 0 Å². The summed E-state index contributed by atoms with van der Waals surface area (Å²) in [4.78, 5) is 0. The summed E-state index contributed by atoms with van der Waals surface area (Å²) in [5, 5.41) is 0. The van der Waals surface area contributed by atoms with Gasteiger partial charge in [-0.25, -0.2) is 0 Å². The number of benzene rings is 1. The first-order chi connectivity index (χ1) is 6.74. The molecule has 0 N–H and O–H groups in total. The van der Waals surface area contributed by atoms with Crippen LogP contribution in [0.3, 0.4) is 0 Å². The predicted octanol–water partition coefficient (Wildman–Crippen LogP) is 3.92. The first-order valence-electron chi connectivity index (χ1n) is 4.58. The van der Waals surface area contributed by atoms with Crippen LogP contribution in [0.1, 0.15) is 15.1 Å². The van der Waals surface area contributed by atoms with Crippen molar-refractivity contribution in [3.05, 3.63) is 35.4 Å². The highest BCUT2D eigenvalue weighted by molar-refractivity contribution is 14.1. The average molecular weight is 416 g/mol. The van der Waals surface area contributed by atoms with Crippen LogP contribution in [0.5, 0.6) is 0 Å². The van der Waals surface area contributed by atoms with Crippen molar-refractivity contribution in [2.24, 2.45) is 0 Å². The van der Waals surface area contributed by atoms with E-state index in [0.29, 0.717) is 3.92 Å². The van der Waals surface area contributed by atoms with E-state index in [1.54, 1.807) is 0 Å². The standard InChI is InChI=1S/C11H14I2O/c1-9-2-4-10(5-3-9)11(13)8-14-7-6-12/h2-5,11H,6-8H2,1H3. The normalized spacial score (nSPS) is 12.8. The van der Waals surface area contributed by atoms with E-state index in [9.17, 15) is 0 Å². The van der Waals surface area contributed by atoms with Crippen molar-refractivity contribution in [2.75, 3.05) is 17.6 Å². The van der Waals surface area contributed by atoms with Crippen molar-refractivity contribution in [3.8, 4) is 0 Å². The monoisotopic (exact) mass is 416 g/mol. The van der Waals surface area contributed by atoms with Gasteiger partial charge in [0, 0.05) is 4.43 Å². The smallest absolute Gasteiger partial charge is 0.0625 e. The summed E-state index contributed by atoms with van der Waals surface area (Å²) in [6, 6.07) is 8.67. The number of halogens is 2. The lowest BCUT2D eigenvalue weighted by atomic mass is 10.1. The Morgan fingerprint density at radius 2 is 1.93 bits per heavy atom. The molecule has 0 aromatic heterocycles. The van der Waals surface area contributed by atoms with Crippen LogP contribution in [-0.2, 0) is 4.74 Å². The highest BCUT2D eigenvalue weighted by Gasteiger charge is 2.06. The van der Waals surface area contributed by atoms with E-state index in [4.69, 9.17) is 4.74 Å². The lowest BCUT2D eigenvalue weighted by Crippen LogP contribution is -2.03. The Bertz CT molecular complexity index is 258. The van der Waals surface area contributed by atoms with E-state index in [1.165, 1.54) is 11.1 Å². The molecule has 0 heterocycles. The lowest BCUT2D eigenvalue weighted by molar-refractivity contribution is 0.156. The maximum absolute atomic E-state index is 5.51. The van der Waals surface area contributed by atoms with E-state index >= 15 is 0 Å². The molecular formula is C11H14I2O. The fourth-order valence-electron chi connectivity index (χ4n) is 1.11. The van der Waals surface area contributed by atoms with Crippen molar-refractivity contribution >= 4 is 45.2 Å². The molecule has 0 bridgehead atoms. The van der Waals surface area contributed by atoms with Crippen molar-refractivity contribution in [2.45, 2.75) is 10.8 Å². The Labute approximate surface area is 113 Å². The van der Waals surface area contributed by atoms with Crippen LogP contribution in [0.25, 0.3) is 0 Å². The van der Waals surface area contributed by atoms with Crippen LogP contribution in [0, 0.1) is 6.92 Å². The van der Waals surface area contributed by atoms with Gasteiger partial charge in [-0.2, -0.15) is 0 Å². The van der Waals surface area contributed by atoms with Gasteiger partial charge in [-0.1, -0.05) is 75.0 Å². The second kappa shape index (κ2) is 7.00. The molecule has 3 heteroatoms. The molecular weight excluding hydrogens is 402 g/mol. The second-order valence-corrected chi connectivity index (χ2v) is 5.72. The zero-order chi connectivity index (χ0) is 10.4. The fourth-order valence-corrected chi connectivity index (χ4v) is 2.09. The Morgan fingerprint density at radius 3 is 2.50 bits per heavy atom. The summed E-state index contributed by atoms with van der Waals surface area (Å²) in [5.41, 5.74) is 2.66. The van der Waals surface area contributed by atoms with Gasteiger partial charge in [-0.3, -0.25) is 0 Å². The Balaban J connectivity index is 2.43. The van der Waals surface area contributed by atoms with Gasteiger partial charge in [0.25, 0.3) is 0 Å². The SMILES string of the molecule is Cc1ccc(C(I)COCCI)cc1. The first kappa shape index (κ1) is 12.7. The summed E-state index contributed by atoms with van der Waals surface area (Å²) >= 11 is 4.76. The van der Waals surface area contributed by atoms with Crippen molar-refractivity contribution in [1.29, 1.82) is 0 Å². The molecule has 0 aliphatic carbocycles. The van der Waals surface area contributed by atoms with E-state index in [0.717, 1.165) is 17.6 Å². The lowest BCUT2D eigenvalue weighted by Gasteiger charge is -2.10. The maximum atomic E-state index is 5.51. The van der Waals surface area contributed by atoms with E-state index in [1.807, 2.05) is 0 Å². The number of hydrogen-bond donors (Lipinski definition) is 0. The third-order valence-corrected chi connectivity index (χ3v) is 3.44. The summed E-state index contributed by atoms with van der Waals surface area (Å²) in [6.07, 6.45) is 0. The molecule has 0 spiro atoms. The average Bonchev–Trinajstić information content (AvgIpc) is 2.19. The summed E-state index contributed by atoms with van der Waals surface area (Å²) in [7, 11) is 0. The molecule has 1 unspecified atom stereocenters. The van der Waals surface area contributed by atoms with Crippen LogP contribution in [0.15, 0.2) is 24.3 Å². The van der Waals surface area contributed by atoms with Crippen LogP contribution >= 0.6 is 45.2 Å². The van der Waals surface area contributed by atoms with Gasteiger partial charge in [-0.15, -0.1) is 0 Å². The van der Waals surface area contributed by atoms with Crippen molar-refractivity contribution in [1.82, 2.24) is 0 Å². The minimum atomic E-state index is 0.469. The molecule has 1 rings (SSSR count). The number of ether oxygens (including phenoxy) is 1. The van der Waals surface area contributed by atoms with Gasteiger partial charge in [0.15, 0.2) is 0 Å². The summed E-state index contributed by atoms with van der Waals surface area (Å²) in [5.74, 6) is 0. The van der Waals surface area contributed by atoms with E-state index in [2.05, 4.69) is 76.4 Å². The van der Waals surface area contributed by atoms with Crippen LogP contribution < -0.4 is 0 Å². The van der Waals surface area contributed by atoms with Gasteiger partial charge >= 0.3 is 0 Å². The van der Waals surface area contributed by atoms with Gasteiger partial charge in [0.2, 0.25) is 0 Å². The highest BCUT2D eigenvalue weighted by atomic mass is 127. The molecule has 0 aliphatic rings. The first-order valence-corrected chi connectivity index (χ1v) is 7.35. The van der Waals surface area contributed by atoms with Crippen molar-refractivity contribution < 1.29 is 4.74 Å². The zero-order valence-electron chi connectivity index (χ0n) is 8.17. The molecule has 1 aromatic rings. The quantitative estimate of drug-likeness (QED) is 0.402. The number of alkyl halides is 2. The second-order valence-electron chi connectivity index (χ2n) is 3.14. The van der Waals surface area contributed by atoms with Crippen LogP contribution in [0.2, 0.25) is 0 Å². The minimum absolute atomic E-state index is 0.469. The predicted molar refractivity (Wildman–Crippen MR) is 77.6 cm³/mol. The summed E-state index contributed by atoms with van der Waals surface area (Å²) < 4.78 is 7.05. The molecule has 0 amide bonds. The Hall–Kier alpha value is 0.640. The van der Waals surface area contributed by atoms with Gasteiger partial charge in [0.05, 0.1) is 17.1 Å². The molecule has 0 saturated carbocycles. The van der Waals surface area contributed by atoms with Crippen LogP contribution in [0.4, 0.5) is 0 Å². The van der Waals surface area contributed by atoms with E-state index < -0.39 is 0 Å². The molecule has 14 heavy (non-hydrogen) atoms. The molecule has 0 saturated heterocycles.